The molecule has 5 heteroatoms. The van der Waals surface area contributed by atoms with Crippen LogP contribution in [0.3, 0.4) is 0 Å². The topological polar surface area (TPSA) is 47.5 Å². The third kappa shape index (κ3) is 3.86. The van der Waals surface area contributed by atoms with Crippen LogP contribution in [0.4, 0.5) is 0 Å². The minimum absolute atomic E-state index is 0.252. The first kappa shape index (κ1) is 15.9. The molecule has 0 amide bonds. The van der Waals surface area contributed by atoms with Gasteiger partial charge in [-0.25, -0.2) is 9.97 Å². The highest BCUT2D eigenvalue weighted by molar-refractivity contribution is 5.31. The van der Waals surface area contributed by atoms with E-state index in [4.69, 9.17) is 9.47 Å². The number of aromatic nitrogens is 2. The largest absolute Gasteiger partial charge is 0.490 e. The third-order valence-corrected chi connectivity index (χ3v) is 4.43. The van der Waals surface area contributed by atoms with Crippen LogP contribution < -0.4 is 4.74 Å². The van der Waals surface area contributed by atoms with Crippen LogP contribution >= 0.6 is 0 Å². The Labute approximate surface area is 137 Å². The van der Waals surface area contributed by atoms with Gasteiger partial charge in [-0.2, -0.15) is 0 Å². The maximum atomic E-state index is 6.04. The van der Waals surface area contributed by atoms with Gasteiger partial charge in [0.25, 0.3) is 0 Å². The molecule has 1 atom stereocenters. The Morgan fingerprint density at radius 3 is 2.74 bits per heavy atom. The molecular formula is C18H23N3O2. The predicted molar refractivity (Wildman–Crippen MR) is 88.3 cm³/mol. The van der Waals surface area contributed by atoms with Crippen LogP contribution in [0.5, 0.6) is 5.75 Å². The van der Waals surface area contributed by atoms with Gasteiger partial charge in [-0.05, 0) is 25.0 Å². The molecule has 1 aromatic carbocycles. The van der Waals surface area contributed by atoms with Gasteiger partial charge in [-0.1, -0.05) is 18.2 Å². The van der Waals surface area contributed by atoms with Crippen molar-refractivity contribution in [2.75, 3.05) is 26.8 Å². The lowest BCUT2D eigenvalue weighted by Gasteiger charge is -2.28. The fourth-order valence-electron chi connectivity index (χ4n) is 3.00. The molecule has 3 rings (SSSR count). The summed E-state index contributed by atoms with van der Waals surface area (Å²) in [7, 11) is 1.77. The Morgan fingerprint density at radius 2 is 2.00 bits per heavy atom. The number of ether oxygens (including phenoxy) is 2. The molecule has 0 aliphatic carbocycles. The number of likely N-dealkylation sites (tertiary alicyclic amines) is 1. The van der Waals surface area contributed by atoms with Crippen LogP contribution in [0.15, 0.2) is 43.0 Å². The number of para-hydroxylation sites is 1. The van der Waals surface area contributed by atoms with Gasteiger partial charge in [0.1, 0.15) is 24.3 Å². The fourth-order valence-corrected chi connectivity index (χ4v) is 3.00. The molecule has 0 bridgehead atoms. The minimum Gasteiger partial charge on any atom is -0.490 e. The van der Waals surface area contributed by atoms with Crippen molar-refractivity contribution in [3.05, 3.63) is 54.1 Å². The molecule has 23 heavy (non-hydrogen) atoms. The maximum Gasteiger partial charge on any atom is 0.122 e. The van der Waals surface area contributed by atoms with Gasteiger partial charge in [-0.15, -0.1) is 0 Å². The van der Waals surface area contributed by atoms with E-state index in [0.29, 0.717) is 6.61 Å². The summed E-state index contributed by atoms with van der Waals surface area (Å²) < 4.78 is 11.9. The van der Waals surface area contributed by atoms with E-state index in [1.165, 1.54) is 0 Å². The molecule has 0 radical (unpaired) electrons. The van der Waals surface area contributed by atoms with E-state index in [-0.39, 0.29) is 5.60 Å². The number of rotatable bonds is 6. The van der Waals surface area contributed by atoms with Gasteiger partial charge in [0.05, 0.1) is 0 Å². The van der Waals surface area contributed by atoms with E-state index in [0.717, 1.165) is 42.9 Å². The maximum absolute atomic E-state index is 6.04. The van der Waals surface area contributed by atoms with Gasteiger partial charge in [0.2, 0.25) is 0 Å². The lowest BCUT2D eigenvalue weighted by molar-refractivity contribution is -0.0360. The summed E-state index contributed by atoms with van der Waals surface area (Å²) in [4.78, 5) is 10.5. The minimum atomic E-state index is -0.252. The highest BCUT2D eigenvalue weighted by atomic mass is 16.5. The molecule has 0 spiro atoms. The van der Waals surface area contributed by atoms with E-state index in [1.807, 2.05) is 30.6 Å². The molecule has 1 aliphatic rings. The van der Waals surface area contributed by atoms with Gasteiger partial charge < -0.3 is 9.47 Å². The molecule has 5 nitrogen and oxygen atoms in total. The van der Waals surface area contributed by atoms with E-state index < -0.39 is 0 Å². The van der Waals surface area contributed by atoms with E-state index >= 15 is 0 Å². The number of aryl methyl sites for hydroxylation is 1. The highest BCUT2D eigenvalue weighted by Crippen LogP contribution is 2.28. The molecule has 1 saturated heterocycles. The zero-order valence-electron chi connectivity index (χ0n) is 13.7. The average Bonchev–Trinajstić information content (AvgIpc) is 2.99. The first-order chi connectivity index (χ1) is 11.2. The summed E-state index contributed by atoms with van der Waals surface area (Å²) in [6.45, 7) is 5.31. The first-order valence-corrected chi connectivity index (χ1v) is 7.91. The van der Waals surface area contributed by atoms with Gasteiger partial charge in [-0.3, -0.25) is 4.90 Å². The van der Waals surface area contributed by atoms with Gasteiger partial charge in [0, 0.05) is 44.7 Å². The van der Waals surface area contributed by atoms with Crippen LogP contribution in [0.25, 0.3) is 0 Å². The lowest BCUT2D eigenvalue weighted by Crippen LogP contribution is -2.41. The third-order valence-electron chi connectivity index (χ3n) is 4.43. The Balaban J connectivity index is 1.60. The quantitative estimate of drug-likeness (QED) is 0.820. The second-order valence-electron chi connectivity index (χ2n) is 6.15. The van der Waals surface area contributed by atoms with Crippen LogP contribution in [0, 0.1) is 6.92 Å². The summed E-state index contributed by atoms with van der Waals surface area (Å²) in [6.07, 6.45) is 6.25. The average molecular weight is 313 g/mol. The van der Waals surface area contributed by atoms with Crippen molar-refractivity contribution < 1.29 is 9.47 Å². The van der Waals surface area contributed by atoms with Crippen molar-refractivity contribution >= 4 is 0 Å². The SMILES string of the molecule is CO[C@@]1(COc2ccccc2C)CCN(Cc2cncnc2)C1. The summed E-state index contributed by atoms with van der Waals surface area (Å²) in [6, 6.07) is 8.09. The van der Waals surface area contributed by atoms with E-state index in [1.54, 1.807) is 13.4 Å². The summed E-state index contributed by atoms with van der Waals surface area (Å²) in [5.41, 5.74) is 2.02. The van der Waals surface area contributed by atoms with Crippen molar-refractivity contribution in [3.63, 3.8) is 0 Å². The lowest BCUT2D eigenvalue weighted by atomic mass is 10.0. The zero-order chi connectivity index (χ0) is 16.1. The molecule has 1 aromatic heterocycles. The Hall–Kier alpha value is -1.98. The smallest absolute Gasteiger partial charge is 0.122 e. The molecule has 2 aromatic rings. The standard InChI is InChI=1S/C18H23N3O2/c1-15-5-3-4-6-17(15)23-13-18(22-2)7-8-21(12-18)11-16-9-19-14-20-10-16/h3-6,9-10,14H,7-8,11-13H2,1-2H3/t18-/m0/s1. The van der Waals surface area contributed by atoms with Crippen molar-refractivity contribution in [2.45, 2.75) is 25.5 Å². The predicted octanol–water partition coefficient (Wildman–Crippen LogP) is 2.45. The first-order valence-electron chi connectivity index (χ1n) is 7.91. The molecule has 1 fully saturated rings. The van der Waals surface area contributed by atoms with Crippen LogP contribution in [0.2, 0.25) is 0 Å². The molecular weight excluding hydrogens is 290 g/mol. The fraction of sp³-hybridized carbons (Fsp3) is 0.444. The van der Waals surface area contributed by atoms with Crippen molar-refractivity contribution in [3.8, 4) is 5.75 Å². The van der Waals surface area contributed by atoms with Crippen LogP contribution in [-0.2, 0) is 11.3 Å². The summed E-state index contributed by atoms with van der Waals surface area (Å²) in [5, 5.41) is 0. The zero-order valence-corrected chi connectivity index (χ0v) is 13.7. The second kappa shape index (κ2) is 7.06. The van der Waals surface area contributed by atoms with Crippen molar-refractivity contribution in [1.29, 1.82) is 0 Å². The number of methoxy groups -OCH3 is 1. The molecule has 0 saturated carbocycles. The van der Waals surface area contributed by atoms with E-state index in [9.17, 15) is 0 Å². The normalized spacial score (nSPS) is 21.5. The van der Waals surface area contributed by atoms with Gasteiger partial charge >= 0.3 is 0 Å². The molecule has 1 aliphatic heterocycles. The highest BCUT2D eigenvalue weighted by Gasteiger charge is 2.39. The molecule has 0 N–H and O–H groups in total. The van der Waals surface area contributed by atoms with E-state index in [2.05, 4.69) is 27.9 Å². The number of benzene rings is 1. The second-order valence-corrected chi connectivity index (χ2v) is 6.15. The number of hydrogen-bond acceptors (Lipinski definition) is 5. The number of nitrogens with zero attached hydrogens (tertiary/aromatic N) is 3. The Kier molecular flexibility index (Phi) is 4.88. The Bertz CT molecular complexity index is 635. The monoisotopic (exact) mass is 313 g/mol. The molecule has 0 unspecified atom stereocenters. The summed E-state index contributed by atoms with van der Waals surface area (Å²) >= 11 is 0. The van der Waals surface area contributed by atoms with Crippen LogP contribution in [0.1, 0.15) is 17.5 Å². The summed E-state index contributed by atoms with van der Waals surface area (Å²) in [5.74, 6) is 0.929. The van der Waals surface area contributed by atoms with Gasteiger partial charge in [0.15, 0.2) is 0 Å². The van der Waals surface area contributed by atoms with Crippen molar-refractivity contribution in [2.24, 2.45) is 0 Å². The van der Waals surface area contributed by atoms with Crippen LogP contribution in [-0.4, -0.2) is 47.3 Å². The Morgan fingerprint density at radius 1 is 1.22 bits per heavy atom. The molecule has 2 heterocycles. The number of hydrogen-bond donors (Lipinski definition) is 0. The van der Waals surface area contributed by atoms with Crippen molar-refractivity contribution in [1.82, 2.24) is 14.9 Å². The molecule has 122 valence electrons.